The largest absolute Gasteiger partial charge is 0.345 e. The van der Waals surface area contributed by atoms with Gasteiger partial charge in [0.05, 0.1) is 12.5 Å². The highest BCUT2D eigenvalue weighted by atomic mass is 16.2. The van der Waals surface area contributed by atoms with Gasteiger partial charge in [0.15, 0.2) is 0 Å². The fourth-order valence-electron chi connectivity index (χ4n) is 1.77. The monoisotopic (exact) mass is 238 g/mol. The molecule has 0 spiro atoms. The zero-order valence-corrected chi connectivity index (χ0v) is 11.4. The number of unbranched alkanes of at least 4 members (excludes halogenated alkanes) is 6. The first-order valence-corrected chi connectivity index (χ1v) is 6.83. The van der Waals surface area contributed by atoms with Crippen molar-refractivity contribution in [1.29, 1.82) is 5.26 Å². The fraction of sp³-hybridized carbons (Fsp3) is 0.857. The summed E-state index contributed by atoms with van der Waals surface area (Å²) in [5.74, 6) is 0.175. The van der Waals surface area contributed by atoms with Crippen LogP contribution in [0.3, 0.4) is 0 Å². The number of amides is 1. The Morgan fingerprint density at radius 3 is 2.29 bits per heavy atom. The Hall–Kier alpha value is -1.04. The molecule has 0 atom stereocenters. The topological polar surface area (TPSA) is 44.1 Å². The predicted molar refractivity (Wildman–Crippen MR) is 70.5 cm³/mol. The van der Waals surface area contributed by atoms with E-state index in [0.29, 0.717) is 19.4 Å². The van der Waals surface area contributed by atoms with E-state index in [2.05, 4.69) is 13.0 Å². The Kier molecular flexibility index (Phi) is 10.7. The molecule has 0 saturated heterocycles. The summed E-state index contributed by atoms with van der Waals surface area (Å²) in [4.78, 5) is 13.3. The first-order chi connectivity index (χ1) is 8.22. The quantitative estimate of drug-likeness (QED) is 0.547. The van der Waals surface area contributed by atoms with Crippen LogP contribution in [0.1, 0.15) is 64.7 Å². The summed E-state index contributed by atoms with van der Waals surface area (Å²) in [5.41, 5.74) is 0. The summed E-state index contributed by atoms with van der Waals surface area (Å²) >= 11 is 0. The molecule has 1 amide bonds. The standard InChI is InChI=1S/C14H26N2O/c1-3-4-5-6-7-8-9-11-14(17)16(2)13-10-12-15/h3-11,13H2,1-2H3. The molecule has 0 aliphatic rings. The van der Waals surface area contributed by atoms with Crippen LogP contribution in [0.5, 0.6) is 0 Å². The van der Waals surface area contributed by atoms with E-state index in [-0.39, 0.29) is 5.91 Å². The van der Waals surface area contributed by atoms with Crippen LogP contribution in [0.25, 0.3) is 0 Å². The highest BCUT2D eigenvalue weighted by Crippen LogP contribution is 2.09. The third kappa shape index (κ3) is 9.86. The SMILES string of the molecule is CCCCCCCCCC(=O)N(C)CCC#N. The fourth-order valence-corrected chi connectivity index (χ4v) is 1.77. The molecule has 0 aliphatic heterocycles. The third-order valence-corrected chi connectivity index (χ3v) is 2.98. The average Bonchev–Trinajstić information content (AvgIpc) is 2.34. The molecule has 0 bridgehead atoms. The molecule has 0 rings (SSSR count). The number of carbonyl (C=O) groups excluding carboxylic acids is 1. The van der Waals surface area contributed by atoms with Crippen molar-refractivity contribution >= 4 is 5.91 Å². The molecule has 0 N–H and O–H groups in total. The minimum atomic E-state index is 0.175. The van der Waals surface area contributed by atoms with Gasteiger partial charge in [-0.1, -0.05) is 45.4 Å². The Morgan fingerprint density at radius 1 is 1.12 bits per heavy atom. The van der Waals surface area contributed by atoms with Gasteiger partial charge in [-0.3, -0.25) is 4.79 Å². The molecule has 0 radical (unpaired) electrons. The molecule has 0 aromatic rings. The van der Waals surface area contributed by atoms with E-state index in [1.165, 1.54) is 32.1 Å². The van der Waals surface area contributed by atoms with Crippen molar-refractivity contribution in [2.75, 3.05) is 13.6 Å². The van der Waals surface area contributed by atoms with Gasteiger partial charge in [-0.15, -0.1) is 0 Å². The number of hydrogen-bond donors (Lipinski definition) is 0. The lowest BCUT2D eigenvalue weighted by atomic mass is 10.1. The summed E-state index contributed by atoms with van der Waals surface area (Å²) in [7, 11) is 1.78. The second-order valence-electron chi connectivity index (χ2n) is 4.59. The lowest BCUT2D eigenvalue weighted by Crippen LogP contribution is -2.27. The Bertz CT molecular complexity index is 233. The third-order valence-electron chi connectivity index (χ3n) is 2.98. The maximum absolute atomic E-state index is 11.6. The van der Waals surface area contributed by atoms with Gasteiger partial charge in [0, 0.05) is 20.0 Å². The van der Waals surface area contributed by atoms with Crippen LogP contribution in [0.4, 0.5) is 0 Å². The van der Waals surface area contributed by atoms with Gasteiger partial charge < -0.3 is 4.90 Å². The highest BCUT2D eigenvalue weighted by Gasteiger charge is 2.06. The number of rotatable bonds is 10. The van der Waals surface area contributed by atoms with Gasteiger partial charge in [0.1, 0.15) is 0 Å². The van der Waals surface area contributed by atoms with E-state index in [4.69, 9.17) is 5.26 Å². The molecular formula is C14H26N2O. The van der Waals surface area contributed by atoms with Crippen molar-refractivity contribution in [2.45, 2.75) is 64.7 Å². The first kappa shape index (κ1) is 16.0. The Labute approximate surface area is 106 Å². The molecule has 0 aromatic heterocycles. The summed E-state index contributed by atoms with van der Waals surface area (Å²) in [6.45, 7) is 2.78. The molecule has 0 heterocycles. The van der Waals surface area contributed by atoms with E-state index >= 15 is 0 Å². The molecule has 0 fully saturated rings. The Morgan fingerprint density at radius 2 is 1.71 bits per heavy atom. The van der Waals surface area contributed by atoms with Crippen molar-refractivity contribution in [3.63, 3.8) is 0 Å². The lowest BCUT2D eigenvalue weighted by molar-refractivity contribution is -0.129. The molecule has 0 saturated carbocycles. The van der Waals surface area contributed by atoms with Crippen molar-refractivity contribution in [3.05, 3.63) is 0 Å². The van der Waals surface area contributed by atoms with Crippen LogP contribution in [-0.4, -0.2) is 24.4 Å². The first-order valence-electron chi connectivity index (χ1n) is 6.83. The molecule has 3 heteroatoms. The predicted octanol–water partition coefficient (Wildman–Crippen LogP) is 3.50. The van der Waals surface area contributed by atoms with Gasteiger partial charge in [0.2, 0.25) is 5.91 Å². The Balaban J connectivity index is 3.35. The van der Waals surface area contributed by atoms with E-state index in [1.54, 1.807) is 11.9 Å². The van der Waals surface area contributed by atoms with Gasteiger partial charge in [-0.2, -0.15) is 5.26 Å². The number of nitrogens with zero attached hydrogens (tertiary/aromatic N) is 2. The van der Waals surface area contributed by atoms with E-state index < -0.39 is 0 Å². The second-order valence-corrected chi connectivity index (χ2v) is 4.59. The smallest absolute Gasteiger partial charge is 0.222 e. The summed E-state index contributed by atoms with van der Waals surface area (Å²) < 4.78 is 0. The molecule has 3 nitrogen and oxygen atoms in total. The normalized spacial score (nSPS) is 9.94. The highest BCUT2D eigenvalue weighted by molar-refractivity contribution is 5.75. The number of carbonyl (C=O) groups is 1. The van der Waals surface area contributed by atoms with Crippen LogP contribution >= 0.6 is 0 Å². The molecule has 98 valence electrons. The maximum atomic E-state index is 11.6. The van der Waals surface area contributed by atoms with E-state index in [0.717, 1.165) is 12.8 Å². The summed E-state index contributed by atoms with van der Waals surface area (Å²) in [5, 5.41) is 8.43. The van der Waals surface area contributed by atoms with Gasteiger partial charge in [0.25, 0.3) is 0 Å². The van der Waals surface area contributed by atoms with Crippen LogP contribution in [0.15, 0.2) is 0 Å². The zero-order valence-electron chi connectivity index (χ0n) is 11.4. The second kappa shape index (κ2) is 11.4. The average molecular weight is 238 g/mol. The zero-order chi connectivity index (χ0) is 12.9. The van der Waals surface area contributed by atoms with Gasteiger partial charge in [-0.25, -0.2) is 0 Å². The van der Waals surface area contributed by atoms with Crippen LogP contribution in [0.2, 0.25) is 0 Å². The molecule has 0 unspecified atom stereocenters. The summed E-state index contributed by atoms with van der Waals surface area (Å²) in [6.07, 6.45) is 9.68. The van der Waals surface area contributed by atoms with Crippen LogP contribution in [-0.2, 0) is 4.79 Å². The van der Waals surface area contributed by atoms with Gasteiger partial charge >= 0.3 is 0 Å². The van der Waals surface area contributed by atoms with E-state index in [9.17, 15) is 4.79 Å². The lowest BCUT2D eigenvalue weighted by Gasteiger charge is -2.15. The van der Waals surface area contributed by atoms with Crippen LogP contribution in [0, 0.1) is 11.3 Å². The van der Waals surface area contributed by atoms with Crippen molar-refractivity contribution in [1.82, 2.24) is 4.90 Å². The van der Waals surface area contributed by atoms with Crippen LogP contribution < -0.4 is 0 Å². The molecule has 0 aliphatic carbocycles. The summed E-state index contributed by atoms with van der Waals surface area (Å²) in [6, 6.07) is 2.06. The molecular weight excluding hydrogens is 212 g/mol. The number of nitriles is 1. The molecule has 17 heavy (non-hydrogen) atoms. The van der Waals surface area contributed by atoms with Crippen molar-refractivity contribution < 1.29 is 4.79 Å². The minimum Gasteiger partial charge on any atom is -0.345 e. The minimum absolute atomic E-state index is 0.175. The van der Waals surface area contributed by atoms with Gasteiger partial charge in [-0.05, 0) is 6.42 Å². The maximum Gasteiger partial charge on any atom is 0.222 e. The molecule has 0 aromatic carbocycles. The van der Waals surface area contributed by atoms with Crippen molar-refractivity contribution in [2.24, 2.45) is 0 Å². The van der Waals surface area contributed by atoms with E-state index in [1.807, 2.05) is 0 Å². The van der Waals surface area contributed by atoms with Crippen molar-refractivity contribution in [3.8, 4) is 6.07 Å². The number of hydrogen-bond acceptors (Lipinski definition) is 2.